The van der Waals surface area contributed by atoms with Crippen molar-refractivity contribution in [3.8, 4) is 6.07 Å². The Bertz CT molecular complexity index is 1070. The highest BCUT2D eigenvalue weighted by atomic mass is 16.5. The normalized spacial score (nSPS) is 15.7. The number of hydrogen-bond acceptors (Lipinski definition) is 5. The maximum atomic E-state index is 12.6. The van der Waals surface area contributed by atoms with Crippen LogP contribution in [0.3, 0.4) is 0 Å². The van der Waals surface area contributed by atoms with Gasteiger partial charge >= 0.3 is 0 Å². The van der Waals surface area contributed by atoms with E-state index in [1.54, 1.807) is 13.2 Å². The number of carbonyl (C=O) groups excluding carboxylic acids is 1. The molecular weight excluding hydrogens is 438 g/mol. The number of benzene rings is 1. The third-order valence-electron chi connectivity index (χ3n) is 6.71. The molecule has 1 atom stereocenters. The zero-order valence-electron chi connectivity index (χ0n) is 21.8. The molecule has 1 fully saturated rings. The number of anilines is 1. The molecule has 1 aliphatic rings. The molecule has 0 spiro atoms. The zero-order valence-corrected chi connectivity index (χ0v) is 21.8. The highest BCUT2D eigenvalue weighted by molar-refractivity contribution is 6.01. The summed E-state index contributed by atoms with van der Waals surface area (Å²) in [7, 11) is 1.69. The Kier molecular flexibility index (Phi) is 9.53. The van der Waals surface area contributed by atoms with Gasteiger partial charge in [-0.1, -0.05) is 12.1 Å². The lowest BCUT2D eigenvalue weighted by molar-refractivity contribution is -0.117. The number of methoxy groups -OCH3 is 1. The third kappa shape index (κ3) is 6.97. The summed E-state index contributed by atoms with van der Waals surface area (Å²) < 4.78 is 7.47. The molecule has 1 aliphatic heterocycles. The topological polar surface area (TPSA) is 73.5 Å². The third-order valence-corrected chi connectivity index (χ3v) is 6.71. The monoisotopic (exact) mass is 477 g/mol. The van der Waals surface area contributed by atoms with Crippen molar-refractivity contribution in [2.24, 2.45) is 0 Å². The zero-order chi connectivity index (χ0) is 25.4. The molecule has 1 saturated heterocycles. The Morgan fingerprint density at radius 1 is 1.20 bits per heavy atom. The van der Waals surface area contributed by atoms with Crippen LogP contribution in [0.5, 0.6) is 0 Å². The van der Waals surface area contributed by atoms with Gasteiger partial charge in [-0.15, -0.1) is 0 Å². The molecule has 1 aromatic carbocycles. The molecule has 2 aromatic rings. The van der Waals surface area contributed by atoms with E-state index in [0.717, 1.165) is 56.1 Å². The Morgan fingerprint density at radius 2 is 1.94 bits per heavy atom. The summed E-state index contributed by atoms with van der Waals surface area (Å²) in [6.07, 6.45) is 2.55. The molecule has 7 heteroatoms. The maximum absolute atomic E-state index is 12.6. The molecule has 3 rings (SSSR count). The summed E-state index contributed by atoms with van der Waals surface area (Å²) in [6, 6.07) is 12.9. The largest absolute Gasteiger partial charge is 0.383 e. The van der Waals surface area contributed by atoms with Crippen LogP contribution in [0.4, 0.5) is 5.69 Å². The summed E-state index contributed by atoms with van der Waals surface area (Å²) in [4.78, 5) is 17.5. The van der Waals surface area contributed by atoms with Crippen LogP contribution in [0.25, 0.3) is 6.08 Å². The van der Waals surface area contributed by atoms with Crippen LogP contribution in [0.2, 0.25) is 0 Å². The molecule has 1 aromatic heterocycles. The van der Waals surface area contributed by atoms with Crippen LogP contribution < -0.4 is 10.2 Å². The average Bonchev–Trinajstić information content (AvgIpc) is 3.13. The van der Waals surface area contributed by atoms with Crippen LogP contribution in [0, 0.1) is 32.1 Å². The summed E-state index contributed by atoms with van der Waals surface area (Å²) in [6.45, 7) is 14.4. The average molecular weight is 478 g/mol. The van der Waals surface area contributed by atoms with Crippen molar-refractivity contribution >= 4 is 17.7 Å². The van der Waals surface area contributed by atoms with Gasteiger partial charge in [0, 0.05) is 56.9 Å². The second-order valence-corrected chi connectivity index (χ2v) is 9.45. The standard InChI is InChI=1S/C28H39N5O2/c1-21-8-6-9-27(16-21)32-14-12-31(13-15-32)11-7-10-30-28(34)26(19-29)18-25-17-22(2)33(24(25)4)23(3)20-35-5/h6,8-9,16-18,23H,7,10-15,20H2,1-5H3,(H,30,34)/b26-18-. The molecule has 0 saturated carbocycles. The number of piperazine rings is 1. The van der Waals surface area contributed by atoms with Gasteiger partial charge in [-0.25, -0.2) is 0 Å². The van der Waals surface area contributed by atoms with Crippen molar-refractivity contribution in [2.75, 3.05) is 57.9 Å². The maximum Gasteiger partial charge on any atom is 0.261 e. The predicted molar refractivity (Wildman–Crippen MR) is 142 cm³/mol. The van der Waals surface area contributed by atoms with Gasteiger partial charge in [0.1, 0.15) is 11.6 Å². The fourth-order valence-electron chi connectivity index (χ4n) is 4.90. The number of aromatic nitrogens is 1. The first-order valence-electron chi connectivity index (χ1n) is 12.5. The number of ether oxygens (including phenoxy) is 1. The van der Waals surface area contributed by atoms with Gasteiger partial charge in [-0.2, -0.15) is 5.26 Å². The second kappa shape index (κ2) is 12.6. The van der Waals surface area contributed by atoms with Crippen molar-refractivity contribution < 1.29 is 9.53 Å². The molecule has 1 unspecified atom stereocenters. The quantitative estimate of drug-likeness (QED) is 0.320. The number of aryl methyl sites for hydroxylation is 2. The van der Waals surface area contributed by atoms with Gasteiger partial charge in [0.25, 0.3) is 5.91 Å². The van der Waals surface area contributed by atoms with E-state index in [1.165, 1.54) is 11.3 Å². The van der Waals surface area contributed by atoms with Gasteiger partial charge in [0.15, 0.2) is 0 Å². The Morgan fingerprint density at radius 3 is 2.60 bits per heavy atom. The minimum absolute atomic E-state index is 0.136. The van der Waals surface area contributed by atoms with Crippen LogP contribution in [-0.4, -0.2) is 68.4 Å². The summed E-state index contributed by atoms with van der Waals surface area (Å²) >= 11 is 0. The van der Waals surface area contributed by atoms with Crippen molar-refractivity contribution in [1.29, 1.82) is 5.26 Å². The highest BCUT2D eigenvalue weighted by Gasteiger charge is 2.18. The van der Waals surface area contributed by atoms with Gasteiger partial charge < -0.3 is 19.5 Å². The van der Waals surface area contributed by atoms with Gasteiger partial charge in [0.2, 0.25) is 0 Å². The first-order chi connectivity index (χ1) is 16.8. The number of nitrogens with zero attached hydrogens (tertiary/aromatic N) is 4. The molecule has 0 radical (unpaired) electrons. The molecular formula is C28H39N5O2. The first-order valence-corrected chi connectivity index (χ1v) is 12.5. The lowest BCUT2D eigenvalue weighted by Gasteiger charge is -2.36. The lowest BCUT2D eigenvalue weighted by atomic mass is 10.1. The number of carbonyl (C=O) groups is 1. The van der Waals surface area contributed by atoms with Crippen LogP contribution >= 0.6 is 0 Å². The van der Waals surface area contributed by atoms with Crippen molar-refractivity contribution in [1.82, 2.24) is 14.8 Å². The van der Waals surface area contributed by atoms with E-state index < -0.39 is 0 Å². The SMILES string of the molecule is COCC(C)n1c(C)cc(/C=C(/C#N)C(=O)NCCCN2CCN(c3cccc(C)c3)CC2)c1C. The number of nitriles is 1. The van der Waals surface area contributed by atoms with Crippen LogP contribution in [0.1, 0.15) is 41.9 Å². The highest BCUT2D eigenvalue weighted by Crippen LogP contribution is 2.23. The molecule has 1 N–H and O–H groups in total. The number of amides is 1. The second-order valence-electron chi connectivity index (χ2n) is 9.45. The van der Waals surface area contributed by atoms with E-state index in [0.29, 0.717) is 13.2 Å². The van der Waals surface area contributed by atoms with Crippen LogP contribution in [0.15, 0.2) is 35.9 Å². The molecule has 35 heavy (non-hydrogen) atoms. The summed E-state index contributed by atoms with van der Waals surface area (Å²) in [5, 5.41) is 12.5. The van der Waals surface area contributed by atoms with E-state index in [4.69, 9.17) is 4.74 Å². The van der Waals surface area contributed by atoms with Gasteiger partial charge in [-0.3, -0.25) is 9.69 Å². The minimum Gasteiger partial charge on any atom is -0.383 e. The van der Waals surface area contributed by atoms with E-state index >= 15 is 0 Å². The molecule has 1 amide bonds. The molecule has 188 valence electrons. The first kappa shape index (κ1) is 26.5. The van der Waals surface area contributed by atoms with E-state index in [-0.39, 0.29) is 17.5 Å². The van der Waals surface area contributed by atoms with E-state index in [1.807, 2.05) is 19.9 Å². The van der Waals surface area contributed by atoms with Gasteiger partial charge in [-0.05, 0) is 76.1 Å². The summed E-state index contributed by atoms with van der Waals surface area (Å²) in [5.41, 5.74) is 5.72. The molecule has 0 bridgehead atoms. The van der Waals surface area contributed by atoms with Crippen molar-refractivity contribution in [3.05, 3.63) is 58.4 Å². The summed E-state index contributed by atoms with van der Waals surface area (Å²) in [5.74, 6) is -0.313. The molecule has 2 heterocycles. The number of hydrogen-bond donors (Lipinski definition) is 1. The minimum atomic E-state index is -0.313. The molecule has 7 nitrogen and oxygen atoms in total. The Balaban J connectivity index is 1.47. The van der Waals surface area contributed by atoms with E-state index in [2.05, 4.69) is 63.9 Å². The Hall–Kier alpha value is -3.08. The Labute approximate surface area is 210 Å². The number of rotatable bonds is 10. The van der Waals surface area contributed by atoms with Crippen molar-refractivity contribution in [3.63, 3.8) is 0 Å². The van der Waals surface area contributed by atoms with E-state index in [9.17, 15) is 10.1 Å². The predicted octanol–water partition coefficient (Wildman–Crippen LogP) is 3.86. The fourth-order valence-corrected chi connectivity index (χ4v) is 4.90. The lowest BCUT2D eigenvalue weighted by Crippen LogP contribution is -2.47. The van der Waals surface area contributed by atoms with Gasteiger partial charge in [0.05, 0.1) is 12.6 Å². The fraction of sp³-hybridized carbons (Fsp3) is 0.500. The molecule has 0 aliphatic carbocycles. The number of nitrogens with one attached hydrogen (secondary N) is 1. The van der Waals surface area contributed by atoms with Crippen LogP contribution in [-0.2, 0) is 9.53 Å². The van der Waals surface area contributed by atoms with Crippen molar-refractivity contribution in [2.45, 2.75) is 40.2 Å². The smallest absolute Gasteiger partial charge is 0.261 e.